The first-order chi connectivity index (χ1) is 9.55. The Labute approximate surface area is 131 Å². The van der Waals surface area contributed by atoms with E-state index in [2.05, 4.69) is 18.7 Å². The number of hydrogen-bond acceptors (Lipinski definition) is 2. The van der Waals surface area contributed by atoms with Crippen LogP contribution in [0.2, 0.25) is 10.0 Å². The van der Waals surface area contributed by atoms with Crippen LogP contribution in [-0.4, -0.2) is 28.6 Å². The van der Waals surface area contributed by atoms with Gasteiger partial charge in [0.25, 0.3) is 0 Å². The first-order valence-electron chi connectivity index (χ1n) is 7.43. The Kier molecular flexibility index (Phi) is 5.36. The highest BCUT2D eigenvalue weighted by Crippen LogP contribution is 2.40. The maximum Gasteiger partial charge on any atom is 0.0973 e. The molecular formula is C16H23Cl2NO. The molecule has 1 atom stereocenters. The molecule has 1 unspecified atom stereocenters. The van der Waals surface area contributed by atoms with Crippen LogP contribution in [-0.2, 0) is 0 Å². The first kappa shape index (κ1) is 16.1. The van der Waals surface area contributed by atoms with E-state index in [1.54, 1.807) is 12.1 Å². The second-order valence-electron chi connectivity index (χ2n) is 5.58. The molecule has 1 aliphatic heterocycles. The molecule has 20 heavy (non-hydrogen) atoms. The van der Waals surface area contributed by atoms with Gasteiger partial charge in [0.05, 0.1) is 21.7 Å². The smallest absolute Gasteiger partial charge is 0.0973 e. The van der Waals surface area contributed by atoms with Gasteiger partial charge in [-0.3, -0.25) is 4.90 Å². The van der Waals surface area contributed by atoms with Crippen molar-refractivity contribution in [2.45, 2.75) is 51.2 Å². The van der Waals surface area contributed by atoms with Crippen molar-refractivity contribution in [3.05, 3.63) is 33.8 Å². The summed E-state index contributed by atoms with van der Waals surface area (Å²) in [6, 6.07) is 5.45. The van der Waals surface area contributed by atoms with Crippen molar-refractivity contribution in [2.24, 2.45) is 0 Å². The summed E-state index contributed by atoms with van der Waals surface area (Å²) >= 11 is 12.1. The van der Waals surface area contributed by atoms with Crippen molar-refractivity contribution in [3.63, 3.8) is 0 Å². The zero-order valence-electron chi connectivity index (χ0n) is 12.2. The third-order valence-corrected chi connectivity index (χ3v) is 5.47. The number of likely N-dealkylation sites (tertiary alicyclic amines) is 1. The van der Waals surface area contributed by atoms with Gasteiger partial charge >= 0.3 is 0 Å². The van der Waals surface area contributed by atoms with Crippen LogP contribution in [0.1, 0.15) is 51.2 Å². The third-order valence-electron chi connectivity index (χ3n) is 4.73. The van der Waals surface area contributed by atoms with Crippen LogP contribution in [0.5, 0.6) is 0 Å². The van der Waals surface area contributed by atoms with Crippen molar-refractivity contribution in [1.29, 1.82) is 0 Å². The van der Waals surface area contributed by atoms with Gasteiger partial charge in [-0.05, 0) is 56.5 Å². The number of benzene rings is 1. The van der Waals surface area contributed by atoms with Crippen LogP contribution >= 0.6 is 23.2 Å². The van der Waals surface area contributed by atoms with Crippen LogP contribution < -0.4 is 0 Å². The van der Waals surface area contributed by atoms with Gasteiger partial charge in [0.1, 0.15) is 0 Å². The van der Waals surface area contributed by atoms with Crippen molar-refractivity contribution in [2.75, 3.05) is 13.1 Å². The van der Waals surface area contributed by atoms with E-state index in [4.69, 9.17) is 23.2 Å². The van der Waals surface area contributed by atoms with Crippen LogP contribution in [0, 0.1) is 0 Å². The lowest BCUT2D eigenvalue weighted by Crippen LogP contribution is -2.51. The van der Waals surface area contributed by atoms with Crippen LogP contribution in [0.15, 0.2) is 18.2 Å². The Bertz CT molecular complexity index is 454. The highest BCUT2D eigenvalue weighted by Gasteiger charge is 2.42. The lowest BCUT2D eigenvalue weighted by molar-refractivity contribution is -0.0294. The van der Waals surface area contributed by atoms with E-state index < -0.39 is 6.10 Å². The van der Waals surface area contributed by atoms with Gasteiger partial charge in [0.15, 0.2) is 0 Å². The second-order valence-corrected chi connectivity index (χ2v) is 6.40. The molecule has 1 aliphatic rings. The molecule has 2 nitrogen and oxygen atoms in total. The zero-order chi connectivity index (χ0) is 14.8. The minimum absolute atomic E-state index is 0.201. The quantitative estimate of drug-likeness (QED) is 0.852. The van der Waals surface area contributed by atoms with E-state index in [-0.39, 0.29) is 5.54 Å². The largest absolute Gasteiger partial charge is 0.386 e. The Morgan fingerprint density at radius 1 is 1.15 bits per heavy atom. The molecule has 1 N–H and O–H groups in total. The highest BCUT2D eigenvalue weighted by molar-refractivity contribution is 6.42. The zero-order valence-corrected chi connectivity index (χ0v) is 13.7. The molecule has 1 aromatic rings. The molecule has 2 rings (SSSR count). The number of hydrogen-bond donors (Lipinski definition) is 1. The van der Waals surface area contributed by atoms with Gasteiger partial charge in [-0.25, -0.2) is 0 Å². The molecule has 112 valence electrons. The van der Waals surface area contributed by atoms with Crippen LogP contribution in [0.25, 0.3) is 0 Å². The molecule has 0 radical (unpaired) electrons. The number of rotatable bonds is 5. The standard InChI is InChI=1S/C16H23Cl2NO/c1-3-16(4-2,19-9-5-6-10-19)15(20)12-7-8-13(17)14(18)11-12/h7-8,11,15,20H,3-6,9-10H2,1-2H3. The van der Waals surface area contributed by atoms with Crippen LogP contribution in [0.3, 0.4) is 0 Å². The number of aliphatic hydroxyl groups is 1. The summed E-state index contributed by atoms with van der Waals surface area (Å²) in [6.07, 6.45) is 3.74. The molecule has 1 heterocycles. The maximum atomic E-state index is 11.0. The fraction of sp³-hybridized carbons (Fsp3) is 0.625. The molecule has 1 aromatic carbocycles. The van der Waals surface area contributed by atoms with E-state index in [0.717, 1.165) is 31.5 Å². The van der Waals surface area contributed by atoms with E-state index in [1.807, 2.05) is 6.07 Å². The molecule has 0 aromatic heterocycles. The normalized spacial score (nSPS) is 18.4. The van der Waals surface area contributed by atoms with Crippen molar-refractivity contribution in [1.82, 2.24) is 4.90 Å². The summed E-state index contributed by atoms with van der Waals surface area (Å²) in [6.45, 7) is 6.45. The van der Waals surface area contributed by atoms with E-state index >= 15 is 0 Å². The fourth-order valence-corrected chi connectivity index (χ4v) is 3.72. The summed E-state index contributed by atoms with van der Waals surface area (Å²) in [5, 5.41) is 12.0. The minimum Gasteiger partial charge on any atom is -0.386 e. The van der Waals surface area contributed by atoms with Gasteiger partial charge in [-0.1, -0.05) is 43.1 Å². The van der Waals surface area contributed by atoms with E-state index in [0.29, 0.717) is 10.0 Å². The van der Waals surface area contributed by atoms with Gasteiger partial charge in [0, 0.05) is 0 Å². The van der Waals surface area contributed by atoms with Crippen LogP contribution in [0.4, 0.5) is 0 Å². The first-order valence-corrected chi connectivity index (χ1v) is 8.18. The Balaban J connectivity index is 2.34. The molecule has 0 spiro atoms. The molecule has 1 saturated heterocycles. The summed E-state index contributed by atoms with van der Waals surface area (Å²) in [4.78, 5) is 2.44. The number of halogens is 2. The average molecular weight is 316 g/mol. The molecule has 0 bridgehead atoms. The topological polar surface area (TPSA) is 23.5 Å². The lowest BCUT2D eigenvalue weighted by atomic mass is 9.81. The van der Waals surface area contributed by atoms with Gasteiger partial charge in [-0.2, -0.15) is 0 Å². The maximum absolute atomic E-state index is 11.0. The van der Waals surface area contributed by atoms with Crippen molar-refractivity contribution < 1.29 is 5.11 Å². The predicted molar refractivity (Wildman–Crippen MR) is 85.5 cm³/mol. The summed E-state index contributed by atoms with van der Waals surface area (Å²) in [5.74, 6) is 0. The van der Waals surface area contributed by atoms with Crippen molar-refractivity contribution in [3.8, 4) is 0 Å². The Hall–Kier alpha value is -0.280. The second kappa shape index (κ2) is 6.65. The number of aliphatic hydroxyl groups excluding tert-OH is 1. The van der Waals surface area contributed by atoms with E-state index in [9.17, 15) is 5.11 Å². The molecular weight excluding hydrogens is 293 g/mol. The van der Waals surface area contributed by atoms with Gasteiger partial charge < -0.3 is 5.11 Å². The minimum atomic E-state index is -0.537. The molecule has 0 aliphatic carbocycles. The summed E-state index contributed by atoms with van der Waals surface area (Å²) < 4.78 is 0. The van der Waals surface area contributed by atoms with Crippen molar-refractivity contribution >= 4 is 23.2 Å². The Morgan fingerprint density at radius 3 is 2.25 bits per heavy atom. The summed E-state index contributed by atoms with van der Waals surface area (Å²) in [7, 11) is 0. The SMILES string of the molecule is CCC(CC)(C(O)c1ccc(Cl)c(Cl)c1)N1CCCC1. The van der Waals surface area contributed by atoms with Gasteiger partial charge in [0.2, 0.25) is 0 Å². The molecule has 0 saturated carbocycles. The lowest BCUT2D eigenvalue weighted by Gasteiger charge is -2.44. The van der Waals surface area contributed by atoms with Gasteiger partial charge in [-0.15, -0.1) is 0 Å². The average Bonchev–Trinajstić information content (AvgIpc) is 2.98. The summed E-state index contributed by atoms with van der Waals surface area (Å²) in [5.41, 5.74) is 0.656. The molecule has 1 fully saturated rings. The third kappa shape index (κ3) is 2.85. The molecule has 0 amide bonds. The fourth-order valence-electron chi connectivity index (χ4n) is 3.41. The highest BCUT2D eigenvalue weighted by atomic mass is 35.5. The van der Waals surface area contributed by atoms with E-state index in [1.165, 1.54) is 12.8 Å². The predicted octanol–water partition coefficient (Wildman–Crippen LogP) is 4.68. The number of nitrogens with zero attached hydrogens (tertiary/aromatic N) is 1. The Morgan fingerprint density at radius 2 is 1.75 bits per heavy atom. The monoisotopic (exact) mass is 315 g/mol. The molecule has 4 heteroatoms.